The second kappa shape index (κ2) is 8.16. The molecule has 0 aliphatic carbocycles. The summed E-state index contributed by atoms with van der Waals surface area (Å²) in [6, 6.07) is 13.6. The van der Waals surface area contributed by atoms with E-state index in [-0.39, 0.29) is 5.91 Å². The van der Waals surface area contributed by atoms with E-state index in [1.165, 1.54) is 0 Å². The van der Waals surface area contributed by atoms with E-state index in [1.54, 1.807) is 4.68 Å². The van der Waals surface area contributed by atoms with E-state index in [1.807, 2.05) is 70.2 Å². The fourth-order valence-corrected chi connectivity index (χ4v) is 4.14. The van der Waals surface area contributed by atoms with Crippen LogP contribution < -0.4 is 5.32 Å². The average Bonchev–Trinajstić information content (AvgIpc) is 3.06. The average molecular weight is 433 g/mol. The first-order valence-corrected chi connectivity index (χ1v) is 10.7. The van der Waals surface area contributed by atoms with E-state index in [9.17, 15) is 4.79 Å². The predicted octanol–water partition coefficient (Wildman–Crippen LogP) is 6.12. The van der Waals surface area contributed by atoms with E-state index in [0.29, 0.717) is 16.2 Å². The second-order valence-corrected chi connectivity index (χ2v) is 8.21. The lowest BCUT2D eigenvalue weighted by molar-refractivity contribution is 0.102. The normalized spacial score (nSPS) is 11.2. The van der Waals surface area contributed by atoms with Crippen LogP contribution in [0.2, 0.25) is 5.02 Å². The number of anilines is 1. The van der Waals surface area contributed by atoms with Crippen molar-refractivity contribution in [2.45, 2.75) is 41.0 Å². The van der Waals surface area contributed by atoms with E-state index in [4.69, 9.17) is 21.7 Å². The van der Waals surface area contributed by atoms with Gasteiger partial charge in [0, 0.05) is 16.4 Å². The van der Waals surface area contributed by atoms with Crippen LogP contribution in [-0.4, -0.2) is 20.7 Å². The monoisotopic (exact) mass is 432 g/mol. The second-order valence-electron chi connectivity index (χ2n) is 7.81. The van der Waals surface area contributed by atoms with Crippen molar-refractivity contribution in [3.05, 3.63) is 81.1 Å². The van der Waals surface area contributed by atoms with Gasteiger partial charge in [0.2, 0.25) is 0 Å². The van der Waals surface area contributed by atoms with Crippen molar-refractivity contribution in [1.82, 2.24) is 14.8 Å². The minimum Gasteiger partial charge on any atom is -0.321 e. The minimum atomic E-state index is -0.162. The highest BCUT2D eigenvalue weighted by atomic mass is 35.5. The first-order chi connectivity index (χ1) is 14.8. The van der Waals surface area contributed by atoms with Crippen LogP contribution in [0.15, 0.2) is 42.5 Å². The van der Waals surface area contributed by atoms with E-state index in [2.05, 4.69) is 12.2 Å². The van der Waals surface area contributed by atoms with Crippen molar-refractivity contribution < 1.29 is 4.79 Å². The van der Waals surface area contributed by atoms with Gasteiger partial charge in [0.05, 0.1) is 22.3 Å². The van der Waals surface area contributed by atoms with Crippen LogP contribution in [0, 0.1) is 27.7 Å². The number of amides is 1. The minimum absolute atomic E-state index is 0.162. The summed E-state index contributed by atoms with van der Waals surface area (Å²) in [6.07, 6.45) is 0.840. The van der Waals surface area contributed by atoms with Crippen molar-refractivity contribution in [1.29, 1.82) is 0 Å². The van der Waals surface area contributed by atoms with E-state index >= 15 is 0 Å². The third-order valence-corrected chi connectivity index (χ3v) is 6.04. The van der Waals surface area contributed by atoms with Crippen molar-refractivity contribution in [2.75, 3.05) is 5.32 Å². The first kappa shape index (κ1) is 21.1. The van der Waals surface area contributed by atoms with Crippen LogP contribution in [0.25, 0.3) is 16.7 Å². The summed E-state index contributed by atoms with van der Waals surface area (Å²) >= 11 is 6.34. The van der Waals surface area contributed by atoms with Crippen LogP contribution in [0.5, 0.6) is 0 Å². The number of rotatable bonds is 4. The maximum Gasteiger partial charge on any atom is 0.256 e. The van der Waals surface area contributed by atoms with Crippen LogP contribution in [0.1, 0.15) is 45.4 Å². The summed E-state index contributed by atoms with van der Waals surface area (Å²) in [5, 5.41) is 9.26. The number of pyridine rings is 1. The van der Waals surface area contributed by atoms with Gasteiger partial charge in [0.25, 0.3) is 5.91 Å². The third kappa shape index (κ3) is 3.70. The number of aryl methyl sites for hydroxylation is 4. The van der Waals surface area contributed by atoms with Crippen LogP contribution in [-0.2, 0) is 6.42 Å². The van der Waals surface area contributed by atoms with Gasteiger partial charge in [-0.25, -0.2) is 9.67 Å². The molecule has 158 valence electrons. The molecular weight excluding hydrogens is 408 g/mol. The summed E-state index contributed by atoms with van der Waals surface area (Å²) in [5.41, 5.74) is 7.48. The molecule has 1 amide bonds. The fourth-order valence-electron chi connectivity index (χ4n) is 3.97. The SMILES string of the molecule is CCc1cccc(C)c1NC(=O)c1cc(C)nc2c1c(C)nn2-c1cccc(Cl)c1C. The number of hydrogen-bond donors (Lipinski definition) is 1. The Labute approximate surface area is 187 Å². The van der Waals surface area contributed by atoms with Gasteiger partial charge >= 0.3 is 0 Å². The Morgan fingerprint density at radius 2 is 1.84 bits per heavy atom. The molecular formula is C25H25ClN4O. The Kier molecular flexibility index (Phi) is 5.54. The van der Waals surface area contributed by atoms with Crippen LogP contribution in [0.3, 0.4) is 0 Å². The smallest absolute Gasteiger partial charge is 0.256 e. The highest BCUT2D eigenvalue weighted by Crippen LogP contribution is 2.29. The molecule has 2 heterocycles. The topological polar surface area (TPSA) is 59.8 Å². The molecule has 4 rings (SSSR count). The largest absolute Gasteiger partial charge is 0.321 e. The Hall–Kier alpha value is -3.18. The highest BCUT2D eigenvalue weighted by Gasteiger charge is 2.21. The molecule has 4 aromatic rings. The third-order valence-electron chi connectivity index (χ3n) is 5.63. The summed E-state index contributed by atoms with van der Waals surface area (Å²) in [5.74, 6) is -0.162. The summed E-state index contributed by atoms with van der Waals surface area (Å²) in [7, 11) is 0. The van der Waals surface area contributed by atoms with Crippen LogP contribution >= 0.6 is 11.6 Å². The molecule has 31 heavy (non-hydrogen) atoms. The van der Waals surface area contributed by atoms with Gasteiger partial charge < -0.3 is 5.32 Å². The molecule has 6 heteroatoms. The zero-order valence-corrected chi connectivity index (χ0v) is 19.1. The maximum atomic E-state index is 13.4. The zero-order chi connectivity index (χ0) is 22.3. The van der Waals surface area contributed by atoms with Gasteiger partial charge in [0.1, 0.15) is 0 Å². The predicted molar refractivity (Wildman–Crippen MR) is 127 cm³/mol. The number of aromatic nitrogens is 3. The molecule has 1 N–H and O–H groups in total. The van der Waals surface area contributed by atoms with Gasteiger partial charge in [-0.05, 0) is 69.0 Å². The fraction of sp³-hybridized carbons (Fsp3) is 0.240. The molecule has 2 aromatic heterocycles. The quantitative estimate of drug-likeness (QED) is 0.422. The van der Waals surface area contributed by atoms with Crippen LogP contribution in [0.4, 0.5) is 5.69 Å². The molecule has 0 saturated heterocycles. The molecule has 0 spiro atoms. The number of benzene rings is 2. The van der Waals surface area contributed by atoms with Gasteiger partial charge in [-0.3, -0.25) is 4.79 Å². The molecule has 0 atom stereocenters. The number of carbonyl (C=O) groups excluding carboxylic acids is 1. The maximum absolute atomic E-state index is 13.4. The number of hydrogen-bond acceptors (Lipinski definition) is 3. The molecule has 0 aliphatic rings. The van der Waals surface area contributed by atoms with Crippen molar-refractivity contribution >= 4 is 34.2 Å². The Morgan fingerprint density at radius 1 is 1.10 bits per heavy atom. The van der Waals surface area contributed by atoms with E-state index < -0.39 is 0 Å². The number of carbonyl (C=O) groups is 1. The molecule has 0 aliphatic heterocycles. The van der Waals surface area contributed by atoms with Gasteiger partial charge in [-0.15, -0.1) is 0 Å². The van der Waals surface area contributed by atoms with Gasteiger partial charge in [-0.2, -0.15) is 5.10 Å². The zero-order valence-electron chi connectivity index (χ0n) is 18.4. The molecule has 0 bridgehead atoms. The number of para-hydroxylation sites is 1. The van der Waals surface area contributed by atoms with Gasteiger partial charge in [-0.1, -0.05) is 42.8 Å². The van der Waals surface area contributed by atoms with Crippen molar-refractivity contribution in [2.24, 2.45) is 0 Å². The van der Waals surface area contributed by atoms with E-state index in [0.717, 1.165) is 51.3 Å². The molecule has 0 saturated carbocycles. The lowest BCUT2D eigenvalue weighted by Crippen LogP contribution is -2.15. The Balaban J connectivity index is 1.88. The lowest BCUT2D eigenvalue weighted by Gasteiger charge is -2.14. The van der Waals surface area contributed by atoms with Crippen molar-refractivity contribution in [3.8, 4) is 5.69 Å². The number of nitrogens with one attached hydrogen (secondary N) is 1. The Morgan fingerprint density at radius 3 is 2.58 bits per heavy atom. The standard InChI is InChI=1S/C25H25ClN4O/c1-6-18-10-7-9-14(2)23(18)28-25(31)19-13-15(3)27-24-22(19)17(5)29-30(24)21-12-8-11-20(26)16(21)4/h7-13H,6H2,1-5H3,(H,28,31). The molecule has 0 unspecified atom stereocenters. The number of halogens is 1. The highest BCUT2D eigenvalue weighted by molar-refractivity contribution is 6.31. The molecule has 2 aromatic carbocycles. The summed E-state index contributed by atoms with van der Waals surface area (Å²) < 4.78 is 1.78. The van der Waals surface area contributed by atoms with Crippen molar-refractivity contribution in [3.63, 3.8) is 0 Å². The summed E-state index contributed by atoms with van der Waals surface area (Å²) in [4.78, 5) is 18.1. The van der Waals surface area contributed by atoms with Gasteiger partial charge in [0.15, 0.2) is 5.65 Å². The first-order valence-electron chi connectivity index (χ1n) is 10.3. The molecule has 5 nitrogen and oxygen atoms in total. The summed E-state index contributed by atoms with van der Waals surface area (Å²) in [6.45, 7) is 9.83. The number of nitrogens with zero attached hydrogens (tertiary/aromatic N) is 3. The lowest BCUT2D eigenvalue weighted by atomic mass is 10.0. The Bertz CT molecular complexity index is 1320. The number of fused-ring (bicyclic) bond motifs is 1. The molecule has 0 fully saturated rings. The molecule has 0 radical (unpaired) electrons.